The van der Waals surface area contributed by atoms with Gasteiger partial charge in [-0.05, 0) is 49.6 Å². The molecule has 21 heavy (non-hydrogen) atoms. The summed E-state index contributed by atoms with van der Waals surface area (Å²) in [5.74, 6) is 0.484. The number of anilines is 1. The molecule has 1 N–H and O–H groups in total. The highest BCUT2D eigenvalue weighted by Gasteiger charge is 2.13. The monoisotopic (exact) mass is 283 g/mol. The zero-order chi connectivity index (χ0) is 15.2. The van der Waals surface area contributed by atoms with Crippen LogP contribution < -0.4 is 10.1 Å². The van der Waals surface area contributed by atoms with Gasteiger partial charge in [0.1, 0.15) is 5.75 Å². The minimum Gasteiger partial charge on any atom is -0.493 e. The highest BCUT2D eigenvalue weighted by atomic mass is 16.5. The number of para-hydroxylation sites is 1. The summed E-state index contributed by atoms with van der Waals surface area (Å²) in [7, 11) is 0. The van der Waals surface area contributed by atoms with Crippen LogP contribution in [0, 0.1) is 13.8 Å². The number of ether oxygens (including phenoxy) is 1. The van der Waals surface area contributed by atoms with Crippen LogP contribution in [0.5, 0.6) is 5.75 Å². The maximum atomic E-state index is 12.5. The second-order valence-electron chi connectivity index (χ2n) is 5.12. The number of aryl methyl sites for hydroxylation is 2. The lowest BCUT2D eigenvalue weighted by atomic mass is 10.1. The van der Waals surface area contributed by atoms with Gasteiger partial charge in [0.2, 0.25) is 0 Å². The van der Waals surface area contributed by atoms with Crippen LogP contribution in [0.15, 0.2) is 42.5 Å². The number of amides is 1. The molecular formula is C18H21NO2. The fraction of sp³-hybridized carbons (Fsp3) is 0.278. The Morgan fingerprint density at radius 3 is 2.67 bits per heavy atom. The van der Waals surface area contributed by atoms with Crippen molar-refractivity contribution in [2.24, 2.45) is 0 Å². The molecule has 110 valence electrons. The average molecular weight is 283 g/mol. The first-order valence-corrected chi connectivity index (χ1v) is 7.22. The standard InChI is InChI=1S/C18H21NO2/c1-4-11-21-17-8-6-5-7-15(17)18(20)19-16-12-13(2)9-10-14(16)3/h5-10,12H,4,11H2,1-3H3,(H,19,20). The van der Waals surface area contributed by atoms with E-state index < -0.39 is 0 Å². The van der Waals surface area contributed by atoms with Crippen molar-refractivity contribution >= 4 is 11.6 Å². The molecule has 0 aliphatic heterocycles. The summed E-state index contributed by atoms with van der Waals surface area (Å²) < 4.78 is 5.64. The number of benzene rings is 2. The van der Waals surface area contributed by atoms with Gasteiger partial charge in [-0.2, -0.15) is 0 Å². The Morgan fingerprint density at radius 2 is 1.90 bits per heavy atom. The number of nitrogens with one attached hydrogen (secondary N) is 1. The Labute approximate surface area is 126 Å². The highest BCUT2D eigenvalue weighted by Crippen LogP contribution is 2.22. The molecule has 0 saturated carbocycles. The molecule has 0 fully saturated rings. The fourth-order valence-corrected chi connectivity index (χ4v) is 2.05. The molecule has 3 nitrogen and oxygen atoms in total. The van der Waals surface area contributed by atoms with E-state index in [1.54, 1.807) is 6.07 Å². The molecule has 0 aliphatic rings. The van der Waals surface area contributed by atoms with Gasteiger partial charge in [0.15, 0.2) is 0 Å². The molecule has 3 heteroatoms. The Balaban J connectivity index is 2.22. The molecular weight excluding hydrogens is 262 g/mol. The summed E-state index contributed by atoms with van der Waals surface area (Å²) in [4.78, 5) is 12.5. The highest BCUT2D eigenvalue weighted by molar-refractivity contribution is 6.06. The fourth-order valence-electron chi connectivity index (χ4n) is 2.05. The van der Waals surface area contributed by atoms with Gasteiger partial charge in [-0.1, -0.05) is 31.2 Å². The van der Waals surface area contributed by atoms with E-state index in [1.807, 2.05) is 57.2 Å². The minimum absolute atomic E-state index is 0.143. The molecule has 0 radical (unpaired) electrons. The maximum absolute atomic E-state index is 12.5. The largest absolute Gasteiger partial charge is 0.493 e. The normalized spacial score (nSPS) is 10.2. The summed E-state index contributed by atoms with van der Waals surface area (Å²) in [6.07, 6.45) is 0.910. The quantitative estimate of drug-likeness (QED) is 0.886. The molecule has 0 aliphatic carbocycles. The van der Waals surface area contributed by atoms with Crippen molar-refractivity contribution in [2.45, 2.75) is 27.2 Å². The number of carbonyl (C=O) groups is 1. The summed E-state index contributed by atoms with van der Waals surface area (Å²) >= 11 is 0. The predicted molar refractivity (Wildman–Crippen MR) is 86.1 cm³/mol. The van der Waals surface area contributed by atoms with Crippen molar-refractivity contribution in [3.05, 3.63) is 59.2 Å². The first-order chi connectivity index (χ1) is 10.1. The van der Waals surface area contributed by atoms with E-state index in [-0.39, 0.29) is 5.91 Å². The van der Waals surface area contributed by atoms with E-state index >= 15 is 0 Å². The maximum Gasteiger partial charge on any atom is 0.259 e. The van der Waals surface area contributed by atoms with Crippen LogP contribution in [-0.2, 0) is 0 Å². The molecule has 1 amide bonds. The van der Waals surface area contributed by atoms with Gasteiger partial charge in [-0.25, -0.2) is 0 Å². The average Bonchev–Trinajstić information content (AvgIpc) is 2.49. The van der Waals surface area contributed by atoms with Crippen LogP contribution >= 0.6 is 0 Å². The minimum atomic E-state index is -0.143. The Bertz CT molecular complexity index is 635. The summed E-state index contributed by atoms with van der Waals surface area (Å²) in [6.45, 7) is 6.63. The van der Waals surface area contributed by atoms with Gasteiger partial charge in [0, 0.05) is 5.69 Å². The SMILES string of the molecule is CCCOc1ccccc1C(=O)Nc1cc(C)ccc1C. The van der Waals surface area contributed by atoms with Crippen molar-refractivity contribution in [1.29, 1.82) is 0 Å². The van der Waals surface area contributed by atoms with Crippen LogP contribution in [0.25, 0.3) is 0 Å². The molecule has 2 aromatic rings. The van der Waals surface area contributed by atoms with Crippen molar-refractivity contribution in [3.8, 4) is 5.75 Å². The second-order valence-corrected chi connectivity index (χ2v) is 5.12. The van der Waals surface area contributed by atoms with Gasteiger partial charge in [-0.3, -0.25) is 4.79 Å². The molecule has 0 spiro atoms. The van der Waals surface area contributed by atoms with Crippen molar-refractivity contribution < 1.29 is 9.53 Å². The van der Waals surface area contributed by atoms with Crippen LogP contribution in [0.2, 0.25) is 0 Å². The molecule has 0 unspecified atom stereocenters. The van der Waals surface area contributed by atoms with Gasteiger partial charge in [0.05, 0.1) is 12.2 Å². The van der Waals surface area contributed by atoms with Crippen molar-refractivity contribution in [3.63, 3.8) is 0 Å². The predicted octanol–water partition coefficient (Wildman–Crippen LogP) is 4.34. The van der Waals surface area contributed by atoms with Crippen LogP contribution in [0.3, 0.4) is 0 Å². The first kappa shape index (κ1) is 15.1. The smallest absolute Gasteiger partial charge is 0.259 e. The molecule has 2 rings (SSSR count). The number of rotatable bonds is 5. The lowest BCUT2D eigenvalue weighted by molar-refractivity contribution is 0.102. The Morgan fingerprint density at radius 1 is 1.14 bits per heavy atom. The third-order valence-corrected chi connectivity index (χ3v) is 3.23. The molecule has 0 atom stereocenters. The van der Waals surface area contributed by atoms with Gasteiger partial charge in [0.25, 0.3) is 5.91 Å². The van der Waals surface area contributed by atoms with Crippen molar-refractivity contribution in [1.82, 2.24) is 0 Å². The topological polar surface area (TPSA) is 38.3 Å². The van der Waals surface area contributed by atoms with Gasteiger partial charge >= 0.3 is 0 Å². The number of hydrogen-bond donors (Lipinski definition) is 1. The van der Waals surface area contributed by atoms with Crippen LogP contribution in [-0.4, -0.2) is 12.5 Å². The molecule has 2 aromatic carbocycles. The zero-order valence-electron chi connectivity index (χ0n) is 12.8. The summed E-state index contributed by atoms with van der Waals surface area (Å²) in [5.41, 5.74) is 3.56. The van der Waals surface area contributed by atoms with E-state index in [2.05, 4.69) is 5.32 Å². The van der Waals surface area contributed by atoms with Crippen LogP contribution in [0.1, 0.15) is 34.8 Å². The van der Waals surface area contributed by atoms with Crippen LogP contribution in [0.4, 0.5) is 5.69 Å². The van der Waals surface area contributed by atoms with E-state index in [9.17, 15) is 4.79 Å². The van der Waals surface area contributed by atoms with E-state index in [0.29, 0.717) is 17.9 Å². The zero-order valence-corrected chi connectivity index (χ0v) is 12.8. The molecule has 0 aromatic heterocycles. The van der Waals surface area contributed by atoms with E-state index in [4.69, 9.17) is 4.74 Å². The molecule has 0 heterocycles. The number of hydrogen-bond acceptors (Lipinski definition) is 2. The second kappa shape index (κ2) is 6.93. The Kier molecular flexibility index (Phi) is 4.99. The van der Waals surface area contributed by atoms with E-state index in [0.717, 1.165) is 23.2 Å². The third-order valence-electron chi connectivity index (χ3n) is 3.23. The van der Waals surface area contributed by atoms with Gasteiger partial charge < -0.3 is 10.1 Å². The van der Waals surface area contributed by atoms with E-state index in [1.165, 1.54) is 0 Å². The van der Waals surface area contributed by atoms with Crippen molar-refractivity contribution in [2.75, 3.05) is 11.9 Å². The summed E-state index contributed by atoms with van der Waals surface area (Å²) in [5, 5.41) is 2.97. The lowest BCUT2D eigenvalue weighted by Crippen LogP contribution is -2.14. The first-order valence-electron chi connectivity index (χ1n) is 7.22. The molecule has 0 saturated heterocycles. The Hall–Kier alpha value is -2.29. The summed E-state index contributed by atoms with van der Waals surface area (Å²) in [6, 6.07) is 13.3. The molecule has 0 bridgehead atoms. The third kappa shape index (κ3) is 3.85. The lowest BCUT2D eigenvalue weighted by Gasteiger charge is -2.13. The number of carbonyl (C=O) groups excluding carboxylic acids is 1. The van der Waals surface area contributed by atoms with Gasteiger partial charge in [-0.15, -0.1) is 0 Å².